The van der Waals surface area contributed by atoms with E-state index in [-0.39, 0.29) is 5.82 Å². The summed E-state index contributed by atoms with van der Waals surface area (Å²) in [5.74, 6) is -0.555. The van der Waals surface area contributed by atoms with Crippen molar-refractivity contribution >= 4 is 21.9 Å². The van der Waals surface area contributed by atoms with E-state index < -0.39 is 12.0 Å². The van der Waals surface area contributed by atoms with E-state index in [0.717, 1.165) is 24.8 Å². The summed E-state index contributed by atoms with van der Waals surface area (Å²) < 4.78 is 14.1. The molecule has 1 aliphatic carbocycles. The standard InChI is InChI=1S/C16H19BrFNO2/c17-12-6-5-10(7-13(12)18)9-19-14-4-2-1-3-11(14)8-15(19)16(20)21/h5-7,11,14-15H,1-4,8-9H2,(H,20,21)/t11-,14-,15+/m1/s1. The molecule has 0 spiro atoms. The number of hydrogen-bond donors (Lipinski definition) is 1. The summed E-state index contributed by atoms with van der Waals surface area (Å²) in [6.07, 6.45) is 5.29. The summed E-state index contributed by atoms with van der Waals surface area (Å²) in [4.78, 5) is 13.6. The Labute approximate surface area is 132 Å². The maximum absolute atomic E-state index is 13.7. The molecule has 5 heteroatoms. The molecule has 3 atom stereocenters. The minimum Gasteiger partial charge on any atom is -0.480 e. The Bertz CT molecular complexity index is 551. The molecule has 2 aliphatic rings. The molecule has 1 aromatic rings. The summed E-state index contributed by atoms with van der Waals surface area (Å²) in [7, 11) is 0. The van der Waals surface area contributed by atoms with Crippen LogP contribution in [0.25, 0.3) is 0 Å². The Kier molecular flexibility index (Phi) is 4.31. The fourth-order valence-electron chi connectivity index (χ4n) is 3.87. The van der Waals surface area contributed by atoms with Crippen LogP contribution in [-0.2, 0) is 11.3 Å². The minimum absolute atomic E-state index is 0.293. The monoisotopic (exact) mass is 355 g/mol. The average Bonchev–Trinajstić information content (AvgIpc) is 2.82. The van der Waals surface area contributed by atoms with Gasteiger partial charge >= 0.3 is 5.97 Å². The number of likely N-dealkylation sites (tertiary alicyclic amines) is 1. The number of benzene rings is 1. The molecule has 114 valence electrons. The minimum atomic E-state index is -0.748. The van der Waals surface area contributed by atoms with Crippen molar-refractivity contribution in [2.45, 2.75) is 50.7 Å². The SMILES string of the molecule is O=C(O)[C@@H]1C[C@H]2CCCC[C@H]2N1Cc1ccc(Br)c(F)c1. The average molecular weight is 356 g/mol. The van der Waals surface area contributed by atoms with Crippen molar-refractivity contribution < 1.29 is 14.3 Å². The highest BCUT2D eigenvalue weighted by Crippen LogP contribution is 2.40. The van der Waals surface area contributed by atoms with E-state index >= 15 is 0 Å². The molecule has 0 radical (unpaired) electrons. The van der Waals surface area contributed by atoms with Crippen molar-refractivity contribution in [3.8, 4) is 0 Å². The molecule has 1 N–H and O–H groups in total. The van der Waals surface area contributed by atoms with Gasteiger partial charge in [-0.15, -0.1) is 0 Å². The number of carboxylic acid groups (broad SMARTS) is 1. The predicted octanol–water partition coefficient (Wildman–Crippen LogP) is 3.81. The van der Waals surface area contributed by atoms with Gasteiger partial charge in [-0.1, -0.05) is 18.9 Å². The Morgan fingerprint density at radius 1 is 1.38 bits per heavy atom. The second kappa shape index (κ2) is 6.05. The molecule has 1 saturated heterocycles. The summed E-state index contributed by atoms with van der Waals surface area (Å²) in [6, 6.07) is 4.97. The highest BCUT2D eigenvalue weighted by Gasteiger charge is 2.44. The van der Waals surface area contributed by atoms with E-state index in [1.165, 1.54) is 18.9 Å². The molecule has 0 amide bonds. The van der Waals surface area contributed by atoms with Crippen LogP contribution in [0.2, 0.25) is 0 Å². The van der Waals surface area contributed by atoms with Crippen LogP contribution in [-0.4, -0.2) is 28.1 Å². The summed E-state index contributed by atoms with van der Waals surface area (Å²) in [5.41, 5.74) is 0.841. The molecule has 2 fully saturated rings. The largest absolute Gasteiger partial charge is 0.480 e. The van der Waals surface area contributed by atoms with Gasteiger partial charge in [-0.2, -0.15) is 0 Å². The normalized spacial score (nSPS) is 29.3. The van der Waals surface area contributed by atoms with Crippen LogP contribution in [0.5, 0.6) is 0 Å². The lowest BCUT2D eigenvalue weighted by molar-refractivity contribution is -0.142. The van der Waals surface area contributed by atoms with Crippen molar-refractivity contribution in [1.82, 2.24) is 4.90 Å². The van der Waals surface area contributed by atoms with Gasteiger partial charge in [0, 0.05) is 12.6 Å². The van der Waals surface area contributed by atoms with Crippen molar-refractivity contribution in [2.24, 2.45) is 5.92 Å². The molecule has 0 aromatic heterocycles. The Morgan fingerprint density at radius 3 is 2.86 bits per heavy atom. The molecular weight excluding hydrogens is 337 g/mol. The predicted molar refractivity (Wildman–Crippen MR) is 81.4 cm³/mol. The van der Waals surface area contributed by atoms with E-state index in [1.54, 1.807) is 6.07 Å². The highest BCUT2D eigenvalue weighted by molar-refractivity contribution is 9.10. The van der Waals surface area contributed by atoms with Crippen LogP contribution >= 0.6 is 15.9 Å². The quantitative estimate of drug-likeness (QED) is 0.896. The maximum atomic E-state index is 13.7. The first-order valence-corrected chi connectivity index (χ1v) is 8.28. The number of hydrogen-bond acceptors (Lipinski definition) is 2. The molecule has 3 rings (SSSR count). The van der Waals surface area contributed by atoms with Crippen molar-refractivity contribution in [3.05, 3.63) is 34.1 Å². The molecule has 0 unspecified atom stereocenters. The van der Waals surface area contributed by atoms with Gasteiger partial charge in [0.05, 0.1) is 4.47 Å². The van der Waals surface area contributed by atoms with Crippen LogP contribution in [0.15, 0.2) is 22.7 Å². The first-order chi connectivity index (χ1) is 10.1. The first kappa shape index (κ1) is 15.0. The third kappa shape index (κ3) is 2.99. The maximum Gasteiger partial charge on any atom is 0.320 e. The number of carboxylic acids is 1. The van der Waals surface area contributed by atoms with E-state index in [0.29, 0.717) is 23.0 Å². The number of halogens is 2. The lowest BCUT2D eigenvalue weighted by atomic mass is 9.84. The van der Waals surface area contributed by atoms with Gasteiger partial charge in [-0.3, -0.25) is 9.69 Å². The van der Waals surface area contributed by atoms with Crippen LogP contribution in [0.1, 0.15) is 37.7 Å². The van der Waals surface area contributed by atoms with Gasteiger partial charge in [-0.05, 0) is 58.8 Å². The van der Waals surface area contributed by atoms with E-state index in [2.05, 4.69) is 20.8 Å². The Balaban J connectivity index is 1.82. The van der Waals surface area contributed by atoms with E-state index in [9.17, 15) is 14.3 Å². The summed E-state index contributed by atoms with van der Waals surface area (Å²) in [5, 5.41) is 9.48. The van der Waals surface area contributed by atoms with Gasteiger partial charge < -0.3 is 5.11 Å². The fourth-order valence-corrected chi connectivity index (χ4v) is 4.12. The van der Waals surface area contributed by atoms with E-state index in [1.807, 2.05) is 6.07 Å². The Hall–Kier alpha value is -0.940. The van der Waals surface area contributed by atoms with E-state index in [4.69, 9.17) is 0 Å². The summed E-state index contributed by atoms with van der Waals surface area (Å²) >= 11 is 3.15. The molecule has 3 nitrogen and oxygen atoms in total. The topological polar surface area (TPSA) is 40.5 Å². The van der Waals surface area contributed by atoms with Gasteiger partial charge in [0.2, 0.25) is 0 Å². The molecule has 1 saturated carbocycles. The van der Waals surface area contributed by atoms with Crippen LogP contribution in [0.4, 0.5) is 4.39 Å². The lowest BCUT2D eigenvalue weighted by Gasteiger charge is -2.33. The highest BCUT2D eigenvalue weighted by atomic mass is 79.9. The molecule has 1 aliphatic heterocycles. The Morgan fingerprint density at radius 2 is 2.14 bits per heavy atom. The molecule has 21 heavy (non-hydrogen) atoms. The van der Waals surface area contributed by atoms with Crippen LogP contribution in [0, 0.1) is 11.7 Å². The smallest absolute Gasteiger partial charge is 0.320 e. The van der Waals surface area contributed by atoms with Gasteiger partial charge in [0.15, 0.2) is 0 Å². The molecule has 1 heterocycles. The number of carbonyl (C=O) groups is 1. The molecule has 0 bridgehead atoms. The summed E-state index contributed by atoms with van der Waals surface area (Å²) in [6.45, 7) is 0.516. The third-order valence-electron chi connectivity index (χ3n) is 4.86. The number of aliphatic carboxylic acids is 1. The van der Waals surface area contributed by atoms with Crippen molar-refractivity contribution in [3.63, 3.8) is 0 Å². The fraction of sp³-hybridized carbons (Fsp3) is 0.562. The lowest BCUT2D eigenvalue weighted by Crippen LogP contribution is -2.41. The zero-order chi connectivity index (χ0) is 15.0. The third-order valence-corrected chi connectivity index (χ3v) is 5.50. The van der Waals surface area contributed by atoms with Gasteiger partial charge in [0.25, 0.3) is 0 Å². The zero-order valence-corrected chi connectivity index (χ0v) is 13.4. The zero-order valence-electron chi connectivity index (χ0n) is 11.8. The van der Waals surface area contributed by atoms with Crippen molar-refractivity contribution in [1.29, 1.82) is 0 Å². The first-order valence-electron chi connectivity index (χ1n) is 7.48. The molecule has 1 aromatic carbocycles. The second-order valence-electron chi connectivity index (χ2n) is 6.12. The van der Waals surface area contributed by atoms with Crippen molar-refractivity contribution in [2.75, 3.05) is 0 Å². The van der Waals surface area contributed by atoms with Gasteiger partial charge in [0.1, 0.15) is 11.9 Å². The number of nitrogens with zero attached hydrogens (tertiary/aromatic N) is 1. The molecular formula is C16H19BrFNO2. The second-order valence-corrected chi connectivity index (χ2v) is 6.98. The van der Waals surface area contributed by atoms with Crippen LogP contribution < -0.4 is 0 Å². The van der Waals surface area contributed by atoms with Crippen LogP contribution in [0.3, 0.4) is 0 Å². The van der Waals surface area contributed by atoms with Gasteiger partial charge in [-0.25, -0.2) is 4.39 Å². The number of rotatable bonds is 3. The number of fused-ring (bicyclic) bond motifs is 1.